The second kappa shape index (κ2) is 16.3. The van der Waals surface area contributed by atoms with Gasteiger partial charge >= 0.3 is 0 Å². The summed E-state index contributed by atoms with van der Waals surface area (Å²) in [6, 6.07) is 14.9. The van der Waals surface area contributed by atoms with Crippen LogP contribution in [-0.4, -0.2) is 85.4 Å². The first kappa shape index (κ1) is 32.3. The molecule has 8 heteroatoms. The molecular formula is C36H50N2O6. The molecule has 2 unspecified atom stereocenters. The predicted molar refractivity (Wildman–Crippen MR) is 170 cm³/mol. The van der Waals surface area contributed by atoms with Crippen molar-refractivity contribution in [3.05, 3.63) is 59.7 Å². The quantitative estimate of drug-likeness (QED) is 0.144. The topological polar surface area (TPSA) is 84.1 Å². The van der Waals surface area contributed by atoms with Gasteiger partial charge in [-0.2, -0.15) is 0 Å². The van der Waals surface area contributed by atoms with E-state index < -0.39 is 12.1 Å². The van der Waals surface area contributed by atoms with E-state index in [0.29, 0.717) is 39.1 Å². The summed E-state index contributed by atoms with van der Waals surface area (Å²) in [6.07, 6.45) is 9.81. The summed E-state index contributed by atoms with van der Waals surface area (Å²) in [5.74, 6) is 1.72. The number of unbranched alkanes of at least 4 members (excludes halogenated alkanes) is 6. The molecule has 5 rings (SSSR count). The van der Waals surface area contributed by atoms with Gasteiger partial charge in [0.15, 0.2) is 0 Å². The Morgan fingerprint density at radius 2 is 1.00 bits per heavy atom. The molecule has 2 aromatic carbocycles. The minimum atomic E-state index is -0.501. The number of benzene rings is 2. The Balaban J connectivity index is 1.32. The maximum atomic E-state index is 14.4. The molecule has 0 radical (unpaired) electrons. The van der Waals surface area contributed by atoms with E-state index in [9.17, 15) is 9.59 Å². The third kappa shape index (κ3) is 9.45. The second-order valence-corrected chi connectivity index (χ2v) is 12.4. The monoisotopic (exact) mass is 606 g/mol. The molecular weight excluding hydrogens is 556 g/mol. The van der Waals surface area contributed by atoms with Crippen LogP contribution in [0.25, 0.3) is 0 Å². The van der Waals surface area contributed by atoms with Gasteiger partial charge in [-0.3, -0.25) is 9.59 Å². The van der Waals surface area contributed by atoms with Gasteiger partial charge in [-0.25, -0.2) is 0 Å². The fourth-order valence-corrected chi connectivity index (χ4v) is 5.90. The van der Waals surface area contributed by atoms with Gasteiger partial charge in [0.25, 0.3) is 0 Å². The summed E-state index contributed by atoms with van der Waals surface area (Å²) in [7, 11) is 0. The second-order valence-electron chi connectivity index (χ2n) is 12.4. The van der Waals surface area contributed by atoms with Crippen LogP contribution in [0.3, 0.4) is 0 Å². The third-order valence-electron chi connectivity index (χ3n) is 8.78. The van der Waals surface area contributed by atoms with Crippen LogP contribution >= 0.6 is 0 Å². The van der Waals surface area contributed by atoms with Crippen LogP contribution < -0.4 is 9.47 Å². The smallest absolute Gasteiger partial charge is 0.246 e. The van der Waals surface area contributed by atoms with E-state index >= 15 is 0 Å². The molecule has 2 aromatic rings. The average molecular weight is 607 g/mol. The Hall–Kier alpha value is -3.10. The molecule has 3 heterocycles. The van der Waals surface area contributed by atoms with Crippen molar-refractivity contribution in [2.24, 2.45) is 0 Å². The van der Waals surface area contributed by atoms with Crippen LogP contribution in [0.5, 0.6) is 11.5 Å². The third-order valence-corrected chi connectivity index (χ3v) is 8.78. The summed E-state index contributed by atoms with van der Waals surface area (Å²) in [6.45, 7) is 8.21. The molecule has 0 N–H and O–H groups in total. The number of nitrogens with zero attached hydrogens (tertiary/aromatic N) is 2. The highest BCUT2D eigenvalue weighted by Gasteiger charge is 2.45. The van der Waals surface area contributed by atoms with Crippen molar-refractivity contribution < 1.29 is 28.5 Å². The summed E-state index contributed by atoms with van der Waals surface area (Å²) in [5, 5.41) is 0. The molecule has 0 bridgehead atoms. The van der Waals surface area contributed by atoms with Crippen molar-refractivity contribution in [2.75, 3.05) is 39.5 Å². The van der Waals surface area contributed by atoms with Gasteiger partial charge in [0, 0.05) is 25.9 Å². The van der Waals surface area contributed by atoms with Gasteiger partial charge in [-0.1, -0.05) is 76.6 Å². The molecule has 0 saturated carbocycles. The van der Waals surface area contributed by atoms with Crippen LogP contribution in [0.4, 0.5) is 0 Å². The molecule has 240 valence electrons. The van der Waals surface area contributed by atoms with Crippen molar-refractivity contribution >= 4 is 11.8 Å². The highest BCUT2D eigenvalue weighted by molar-refractivity contribution is 5.97. The first-order chi connectivity index (χ1) is 21.6. The number of epoxide rings is 2. The lowest BCUT2D eigenvalue weighted by atomic mass is 9.93. The maximum absolute atomic E-state index is 14.4. The zero-order chi connectivity index (χ0) is 30.7. The van der Waals surface area contributed by atoms with Gasteiger partial charge in [-0.15, -0.1) is 0 Å². The molecule has 0 aromatic heterocycles. The van der Waals surface area contributed by atoms with E-state index in [1.54, 1.807) is 0 Å². The van der Waals surface area contributed by atoms with Crippen LogP contribution in [0, 0.1) is 0 Å². The number of carbonyl (C=O) groups is 2. The molecule has 3 saturated heterocycles. The number of ether oxygens (including phenoxy) is 4. The molecule has 44 heavy (non-hydrogen) atoms. The minimum Gasteiger partial charge on any atom is -0.491 e. The predicted octanol–water partition coefficient (Wildman–Crippen LogP) is 5.60. The van der Waals surface area contributed by atoms with Gasteiger partial charge in [0.1, 0.15) is 49.0 Å². The normalized spacial score (nSPS) is 22.8. The van der Waals surface area contributed by atoms with Crippen LogP contribution in [0.1, 0.15) is 76.3 Å². The zero-order valence-electron chi connectivity index (χ0n) is 26.6. The largest absolute Gasteiger partial charge is 0.491 e. The van der Waals surface area contributed by atoms with Crippen molar-refractivity contribution in [1.82, 2.24) is 9.80 Å². The van der Waals surface area contributed by atoms with Crippen molar-refractivity contribution in [1.29, 1.82) is 0 Å². The summed E-state index contributed by atoms with van der Waals surface area (Å²) >= 11 is 0. The summed E-state index contributed by atoms with van der Waals surface area (Å²) in [4.78, 5) is 32.5. The molecule has 3 fully saturated rings. The van der Waals surface area contributed by atoms with Crippen LogP contribution in [0.15, 0.2) is 48.5 Å². The van der Waals surface area contributed by atoms with Crippen molar-refractivity contribution in [3.8, 4) is 11.5 Å². The fourth-order valence-electron chi connectivity index (χ4n) is 5.90. The summed E-state index contributed by atoms with van der Waals surface area (Å²) < 4.78 is 22.1. The zero-order valence-corrected chi connectivity index (χ0v) is 26.6. The Labute approximate surface area is 263 Å². The number of piperazine rings is 1. The maximum Gasteiger partial charge on any atom is 0.246 e. The van der Waals surface area contributed by atoms with Crippen LogP contribution in [0.2, 0.25) is 0 Å². The molecule has 2 amide bonds. The molecule has 4 atom stereocenters. The molecule has 3 aliphatic heterocycles. The van der Waals surface area contributed by atoms with Crippen molar-refractivity contribution in [3.63, 3.8) is 0 Å². The minimum absolute atomic E-state index is 0.0668. The average Bonchev–Trinajstić information content (AvgIpc) is 3.97. The molecule has 0 aliphatic carbocycles. The van der Waals surface area contributed by atoms with E-state index in [-0.39, 0.29) is 24.0 Å². The standard InChI is InChI=1S/C36H50N2O6/c1-3-5-7-9-19-37-33(21-27-11-15-29(16-12-27)41-23-31-25-43-31)36(40)38(20-10-8-6-4-2)34(35(37)39)22-28-13-17-30(18-14-28)42-24-32-26-44-32/h11-18,31-34H,3-10,19-26H2,1-2H3/t31?,32?,33-,34+. The van der Waals surface area contributed by atoms with E-state index in [1.807, 2.05) is 58.3 Å². The molecule has 3 aliphatic rings. The highest BCUT2D eigenvalue weighted by Crippen LogP contribution is 2.27. The lowest BCUT2D eigenvalue weighted by molar-refractivity contribution is -0.162. The Morgan fingerprint density at radius 1 is 0.614 bits per heavy atom. The van der Waals surface area contributed by atoms with E-state index in [2.05, 4.69) is 13.8 Å². The number of hydrogen-bond acceptors (Lipinski definition) is 6. The van der Waals surface area contributed by atoms with Crippen LogP contribution in [-0.2, 0) is 31.9 Å². The molecule has 0 spiro atoms. The van der Waals surface area contributed by atoms with Gasteiger partial charge in [0.05, 0.1) is 13.2 Å². The number of carbonyl (C=O) groups excluding carboxylic acids is 2. The first-order valence-corrected chi connectivity index (χ1v) is 16.8. The van der Waals surface area contributed by atoms with E-state index in [1.165, 1.54) is 0 Å². The van der Waals surface area contributed by atoms with E-state index in [0.717, 1.165) is 87.2 Å². The van der Waals surface area contributed by atoms with Gasteiger partial charge < -0.3 is 28.7 Å². The first-order valence-electron chi connectivity index (χ1n) is 16.8. The Bertz CT molecular complexity index is 1080. The molecule has 8 nitrogen and oxygen atoms in total. The number of hydrogen-bond donors (Lipinski definition) is 0. The highest BCUT2D eigenvalue weighted by atomic mass is 16.6. The Kier molecular flexibility index (Phi) is 11.9. The van der Waals surface area contributed by atoms with Gasteiger partial charge in [-0.05, 0) is 48.2 Å². The Morgan fingerprint density at radius 3 is 1.34 bits per heavy atom. The van der Waals surface area contributed by atoms with Gasteiger partial charge in [0.2, 0.25) is 11.8 Å². The lowest BCUT2D eigenvalue weighted by Crippen LogP contribution is -2.66. The number of rotatable bonds is 20. The van der Waals surface area contributed by atoms with E-state index in [4.69, 9.17) is 18.9 Å². The number of amides is 2. The SMILES string of the molecule is CCCCCCN1C(=O)[C@H](Cc2ccc(OCC3CO3)cc2)N(CCCCCC)C(=O)[C@H]1Cc1ccc(OCC2CO2)cc1. The summed E-state index contributed by atoms with van der Waals surface area (Å²) in [5.41, 5.74) is 2.06. The van der Waals surface area contributed by atoms with Crippen molar-refractivity contribution in [2.45, 2.75) is 102 Å². The fraction of sp³-hybridized carbons (Fsp3) is 0.611. The lowest BCUT2D eigenvalue weighted by Gasteiger charge is -2.45.